The fourth-order valence-corrected chi connectivity index (χ4v) is 3.06. The lowest BCUT2D eigenvalue weighted by molar-refractivity contribution is 0.0940. The van der Waals surface area contributed by atoms with E-state index in [0.29, 0.717) is 18.1 Å². The van der Waals surface area contributed by atoms with Gasteiger partial charge < -0.3 is 19.8 Å². The molecule has 0 saturated carbocycles. The zero-order valence-electron chi connectivity index (χ0n) is 17.4. The van der Waals surface area contributed by atoms with Gasteiger partial charge in [0.2, 0.25) is 5.88 Å². The van der Waals surface area contributed by atoms with E-state index in [1.54, 1.807) is 19.2 Å². The molecule has 2 N–H and O–H groups in total. The molecule has 0 atom stereocenters. The number of halogens is 2. The minimum Gasteiger partial charge on any atom is -0.497 e. The van der Waals surface area contributed by atoms with Crippen LogP contribution in [0.3, 0.4) is 0 Å². The molecule has 0 aliphatic carbocycles. The van der Waals surface area contributed by atoms with Gasteiger partial charge in [0, 0.05) is 18.8 Å². The summed E-state index contributed by atoms with van der Waals surface area (Å²) in [6.45, 7) is 0.395. The van der Waals surface area contributed by atoms with Gasteiger partial charge in [0.1, 0.15) is 17.7 Å². The Morgan fingerprint density at radius 3 is 2.64 bits per heavy atom. The maximum absolute atomic E-state index is 13.8. The highest BCUT2D eigenvalue weighted by Crippen LogP contribution is 2.16. The SMILES string of the molecule is COc1ccc(COc2cc(CNC(=O)c3nc4ccc(F)c(F)c4c(=O)[nH]3)ccn2)cc1. The Labute approximate surface area is 186 Å². The number of hydrogen-bond acceptors (Lipinski definition) is 6. The van der Waals surface area contributed by atoms with Gasteiger partial charge in [-0.25, -0.2) is 18.7 Å². The third kappa shape index (κ3) is 4.95. The summed E-state index contributed by atoms with van der Waals surface area (Å²) in [6, 6.07) is 12.7. The molecule has 0 aliphatic rings. The summed E-state index contributed by atoms with van der Waals surface area (Å²) >= 11 is 0. The molecule has 0 aliphatic heterocycles. The van der Waals surface area contributed by atoms with Crippen molar-refractivity contribution in [1.29, 1.82) is 0 Å². The number of pyridine rings is 1. The number of H-pyrrole nitrogens is 1. The number of carbonyl (C=O) groups is 1. The van der Waals surface area contributed by atoms with Gasteiger partial charge in [-0.15, -0.1) is 0 Å². The first-order chi connectivity index (χ1) is 15.9. The minimum atomic E-state index is -1.31. The van der Waals surface area contributed by atoms with Crippen molar-refractivity contribution in [3.05, 3.63) is 93.7 Å². The van der Waals surface area contributed by atoms with E-state index in [4.69, 9.17) is 9.47 Å². The molecule has 2 aromatic carbocycles. The van der Waals surface area contributed by atoms with Crippen LogP contribution in [0.25, 0.3) is 10.9 Å². The Morgan fingerprint density at radius 2 is 1.88 bits per heavy atom. The molecule has 0 fully saturated rings. The Bertz CT molecular complexity index is 1370. The van der Waals surface area contributed by atoms with Gasteiger partial charge in [-0.05, 0) is 41.5 Å². The summed E-state index contributed by atoms with van der Waals surface area (Å²) in [5, 5.41) is 2.07. The monoisotopic (exact) mass is 452 g/mol. The summed E-state index contributed by atoms with van der Waals surface area (Å²) < 4.78 is 38.0. The highest BCUT2D eigenvalue weighted by Gasteiger charge is 2.16. The van der Waals surface area contributed by atoms with Crippen LogP contribution in [0.15, 0.2) is 59.5 Å². The van der Waals surface area contributed by atoms with Crippen LogP contribution < -0.4 is 20.3 Å². The topological polar surface area (TPSA) is 106 Å². The quantitative estimate of drug-likeness (QED) is 0.446. The van der Waals surface area contributed by atoms with Crippen LogP contribution in [0, 0.1) is 11.6 Å². The fraction of sp³-hybridized carbons (Fsp3) is 0.130. The van der Waals surface area contributed by atoms with Gasteiger partial charge in [-0.1, -0.05) is 12.1 Å². The van der Waals surface area contributed by atoms with Crippen molar-refractivity contribution in [3.8, 4) is 11.6 Å². The molecule has 0 saturated heterocycles. The van der Waals surface area contributed by atoms with Crippen LogP contribution in [0.2, 0.25) is 0 Å². The van der Waals surface area contributed by atoms with Gasteiger partial charge in [-0.2, -0.15) is 0 Å². The predicted molar refractivity (Wildman–Crippen MR) is 115 cm³/mol. The third-order valence-electron chi connectivity index (χ3n) is 4.78. The summed E-state index contributed by atoms with van der Waals surface area (Å²) in [7, 11) is 1.59. The molecule has 0 unspecified atom stereocenters. The minimum absolute atomic E-state index is 0.0970. The van der Waals surface area contributed by atoms with Crippen molar-refractivity contribution in [2.75, 3.05) is 7.11 Å². The Kier molecular flexibility index (Phi) is 6.25. The van der Waals surface area contributed by atoms with E-state index in [1.807, 2.05) is 24.3 Å². The predicted octanol–water partition coefficient (Wildman–Crippen LogP) is 3.11. The van der Waals surface area contributed by atoms with E-state index >= 15 is 0 Å². The lowest BCUT2D eigenvalue weighted by Gasteiger charge is -2.09. The summed E-state index contributed by atoms with van der Waals surface area (Å²) in [5.74, 6) is -2.37. The van der Waals surface area contributed by atoms with Gasteiger partial charge in [-0.3, -0.25) is 9.59 Å². The largest absolute Gasteiger partial charge is 0.497 e. The number of nitrogens with one attached hydrogen (secondary N) is 2. The van der Waals surface area contributed by atoms with Crippen LogP contribution in [0.1, 0.15) is 21.7 Å². The zero-order chi connectivity index (χ0) is 23.4. The summed E-state index contributed by atoms with van der Waals surface area (Å²) in [5.41, 5.74) is 0.555. The standard InChI is InChI=1S/C23H18F2N4O4/c1-32-15-4-2-13(3-5-15)12-33-18-10-14(8-9-26-18)11-27-23(31)21-28-17-7-6-16(24)20(25)19(17)22(30)29-21/h2-10H,11-12H2,1H3,(H,27,31)(H,28,29,30). The maximum Gasteiger partial charge on any atom is 0.287 e. The molecule has 0 radical (unpaired) electrons. The van der Waals surface area contributed by atoms with Crippen molar-refractivity contribution in [3.63, 3.8) is 0 Å². The molecule has 4 aromatic rings. The molecule has 8 nitrogen and oxygen atoms in total. The first-order valence-electron chi connectivity index (χ1n) is 9.81. The van der Waals surface area contributed by atoms with Crippen LogP contribution in [0.4, 0.5) is 8.78 Å². The smallest absolute Gasteiger partial charge is 0.287 e. The summed E-state index contributed by atoms with van der Waals surface area (Å²) in [6.07, 6.45) is 1.54. The number of carbonyl (C=O) groups excluding carboxylic acids is 1. The molecule has 4 rings (SSSR count). The molecular formula is C23H18F2N4O4. The van der Waals surface area contributed by atoms with Gasteiger partial charge >= 0.3 is 0 Å². The van der Waals surface area contributed by atoms with Crippen molar-refractivity contribution in [2.45, 2.75) is 13.2 Å². The molecule has 33 heavy (non-hydrogen) atoms. The molecule has 168 valence electrons. The molecule has 0 spiro atoms. The lowest BCUT2D eigenvalue weighted by atomic mass is 10.2. The third-order valence-corrected chi connectivity index (χ3v) is 4.78. The molecule has 10 heteroatoms. The number of benzene rings is 2. The second-order valence-electron chi connectivity index (χ2n) is 6.99. The average Bonchev–Trinajstić information content (AvgIpc) is 2.84. The lowest BCUT2D eigenvalue weighted by Crippen LogP contribution is -2.28. The van der Waals surface area contributed by atoms with Crippen molar-refractivity contribution in [2.24, 2.45) is 0 Å². The number of methoxy groups -OCH3 is 1. The second-order valence-corrected chi connectivity index (χ2v) is 6.99. The van der Waals surface area contributed by atoms with E-state index < -0.39 is 28.5 Å². The highest BCUT2D eigenvalue weighted by molar-refractivity contribution is 5.92. The van der Waals surface area contributed by atoms with E-state index in [2.05, 4.69) is 20.3 Å². The number of aromatic nitrogens is 3. The number of fused-ring (bicyclic) bond motifs is 1. The molecule has 2 aromatic heterocycles. The molecule has 1 amide bonds. The number of amides is 1. The first kappa shape index (κ1) is 21.9. The maximum atomic E-state index is 13.8. The van der Waals surface area contributed by atoms with Crippen LogP contribution in [-0.2, 0) is 13.2 Å². The molecule has 0 bridgehead atoms. The number of hydrogen-bond donors (Lipinski definition) is 2. The van der Waals surface area contributed by atoms with Crippen molar-refractivity contribution in [1.82, 2.24) is 20.3 Å². The van der Waals surface area contributed by atoms with E-state index in [1.165, 1.54) is 6.20 Å². The number of nitrogens with zero attached hydrogens (tertiary/aromatic N) is 2. The van der Waals surface area contributed by atoms with Gasteiger partial charge in [0.05, 0.1) is 12.6 Å². The Hall–Kier alpha value is -4.34. The van der Waals surface area contributed by atoms with Gasteiger partial charge in [0.15, 0.2) is 17.5 Å². The van der Waals surface area contributed by atoms with Crippen LogP contribution >= 0.6 is 0 Å². The fourth-order valence-electron chi connectivity index (χ4n) is 3.06. The van der Waals surface area contributed by atoms with E-state index in [0.717, 1.165) is 23.4 Å². The first-order valence-corrected chi connectivity index (χ1v) is 9.81. The Balaban J connectivity index is 1.41. The van der Waals surface area contributed by atoms with Crippen LogP contribution in [0.5, 0.6) is 11.6 Å². The van der Waals surface area contributed by atoms with E-state index in [-0.39, 0.29) is 17.9 Å². The van der Waals surface area contributed by atoms with Crippen molar-refractivity contribution < 1.29 is 23.0 Å². The summed E-state index contributed by atoms with van der Waals surface area (Å²) in [4.78, 5) is 34.8. The highest BCUT2D eigenvalue weighted by atomic mass is 19.2. The van der Waals surface area contributed by atoms with Crippen LogP contribution in [-0.4, -0.2) is 28.0 Å². The number of rotatable bonds is 7. The Morgan fingerprint density at radius 1 is 1.09 bits per heavy atom. The van der Waals surface area contributed by atoms with Crippen molar-refractivity contribution >= 4 is 16.8 Å². The second kappa shape index (κ2) is 9.43. The van der Waals surface area contributed by atoms with Gasteiger partial charge in [0.25, 0.3) is 11.5 Å². The molecular weight excluding hydrogens is 434 g/mol. The number of ether oxygens (including phenoxy) is 2. The average molecular weight is 452 g/mol. The normalized spacial score (nSPS) is 10.8. The van der Waals surface area contributed by atoms with E-state index in [9.17, 15) is 18.4 Å². The molecule has 2 heterocycles. The number of aromatic amines is 1. The zero-order valence-corrected chi connectivity index (χ0v) is 17.4.